The molecular formula is C11H21N3S. The number of aromatic nitrogens is 3. The van der Waals surface area contributed by atoms with E-state index in [0.29, 0.717) is 11.8 Å². The first-order valence-corrected chi connectivity index (χ1v) is 6.16. The summed E-state index contributed by atoms with van der Waals surface area (Å²) in [6.45, 7) is 9.75. The lowest BCUT2D eigenvalue weighted by Gasteiger charge is -2.15. The topological polar surface area (TPSA) is 33.6 Å². The molecule has 4 heteroatoms. The van der Waals surface area contributed by atoms with Crippen molar-refractivity contribution in [3.8, 4) is 0 Å². The molecule has 1 heterocycles. The minimum Gasteiger partial charge on any atom is -0.304 e. The Morgan fingerprint density at radius 3 is 2.40 bits per heavy atom. The number of nitrogens with zero attached hydrogens (tertiary/aromatic N) is 2. The summed E-state index contributed by atoms with van der Waals surface area (Å²) in [7, 11) is 0. The van der Waals surface area contributed by atoms with Crippen LogP contribution in [0.2, 0.25) is 0 Å². The Bertz CT molecular complexity index is 347. The molecule has 1 aromatic rings. The van der Waals surface area contributed by atoms with Gasteiger partial charge in [0.05, 0.1) is 0 Å². The average molecular weight is 227 g/mol. The van der Waals surface area contributed by atoms with Gasteiger partial charge in [0.2, 0.25) is 0 Å². The molecule has 86 valence electrons. The van der Waals surface area contributed by atoms with Crippen molar-refractivity contribution in [1.29, 1.82) is 0 Å². The number of nitrogens with one attached hydrogen (secondary N) is 1. The lowest BCUT2D eigenvalue weighted by molar-refractivity contribution is 0.405. The minimum absolute atomic E-state index is 0.423. The Morgan fingerprint density at radius 2 is 1.93 bits per heavy atom. The third-order valence-electron chi connectivity index (χ3n) is 2.90. The zero-order valence-corrected chi connectivity index (χ0v) is 10.9. The number of H-pyrrole nitrogens is 1. The SMILES string of the molecule is CCC(CC)Cn1c(C(C)C)n[nH]c1=S. The van der Waals surface area contributed by atoms with Crippen molar-refractivity contribution in [2.75, 3.05) is 0 Å². The molecule has 0 bridgehead atoms. The van der Waals surface area contributed by atoms with Crippen LogP contribution in [0.25, 0.3) is 0 Å². The highest BCUT2D eigenvalue weighted by Crippen LogP contribution is 2.16. The molecule has 1 rings (SSSR count). The smallest absolute Gasteiger partial charge is 0.195 e. The summed E-state index contributed by atoms with van der Waals surface area (Å²) in [5.74, 6) is 2.20. The molecule has 0 radical (unpaired) electrons. The van der Waals surface area contributed by atoms with Gasteiger partial charge in [0.1, 0.15) is 5.82 Å². The summed E-state index contributed by atoms with van der Waals surface area (Å²) < 4.78 is 2.91. The minimum atomic E-state index is 0.423. The van der Waals surface area contributed by atoms with E-state index in [1.54, 1.807) is 0 Å². The molecule has 3 nitrogen and oxygen atoms in total. The van der Waals surface area contributed by atoms with Gasteiger partial charge in [-0.1, -0.05) is 40.5 Å². The van der Waals surface area contributed by atoms with Gasteiger partial charge in [0, 0.05) is 12.5 Å². The molecule has 0 fully saturated rings. The molecular weight excluding hydrogens is 206 g/mol. The summed E-state index contributed by atoms with van der Waals surface area (Å²) in [4.78, 5) is 0. The molecule has 0 atom stereocenters. The first kappa shape index (κ1) is 12.4. The van der Waals surface area contributed by atoms with E-state index in [9.17, 15) is 0 Å². The summed E-state index contributed by atoms with van der Waals surface area (Å²) in [5, 5.41) is 7.17. The van der Waals surface area contributed by atoms with Gasteiger partial charge in [0.25, 0.3) is 0 Å². The van der Waals surface area contributed by atoms with E-state index in [-0.39, 0.29) is 0 Å². The molecule has 0 spiro atoms. The zero-order chi connectivity index (χ0) is 11.4. The van der Waals surface area contributed by atoms with Crippen LogP contribution < -0.4 is 0 Å². The van der Waals surface area contributed by atoms with Crippen LogP contribution in [0.4, 0.5) is 0 Å². The van der Waals surface area contributed by atoms with Gasteiger partial charge < -0.3 is 4.57 Å². The molecule has 0 aliphatic carbocycles. The van der Waals surface area contributed by atoms with E-state index >= 15 is 0 Å². The molecule has 1 N–H and O–H groups in total. The first-order valence-electron chi connectivity index (χ1n) is 5.75. The maximum absolute atomic E-state index is 5.25. The van der Waals surface area contributed by atoms with Crippen LogP contribution in [-0.2, 0) is 6.54 Å². The van der Waals surface area contributed by atoms with E-state index in [1.807, 2.05) is 0 Å². The van der Waals surface area contributed by atoms with Gasteiger partial charge in [-0.2, -0.15) is 5.10 Å². The lowest BCUT2D eigenvalue weighted by Crippen LogP contribution is -2.13. The van der Waals surface area contributed by atoms with Gasteiger partial charge in [-0.15, -0.1) is 0 Å². The number of hydrogen-bond acceptors (Lipinski definition) is 2. The molecule has 0 amide bonds. The van der Waals surface area contributed by atoms with Crippen LogP contribution in [0.15, 0.2) is 0 Å². The van der Waals surface area contributed by atoms with Crippen LogP contribution in [0.3, 0.4) is 0 Å². The van der Waals surface area contributed by atoms with Crippen molar-refractivity contribution in [1.82, 2.24) is 14.8 Å². The van der Waals surface area contributed by atoms with Crippen LogP contribution in [0.5, 0.6) is 0 Å². The molecule has 1 aromatic heterocycles. The first-order chi connectivity index (χ1) is 7.10. The van der Waals surface area contributed by atoms with Gasteiger partial charge in [-0.25, -0.2) is 0 Å². The molecule has 0 aliphatic heterocycles. The predicted molar refractivity (Wildman–Crippen MR) is 65.6 cm³/mol. The molecule has 0 saturated carbocycles. The predicted octanol–water partition coefficient (Wildman–Crippen LogP) is 3.50. The van der Waals surface area contributed by atoms with Crippen LogP contribution in [-0.4, -0.2) is 14.8 Å². The highest BCUT2D eigenvalue weighted by molar-refractivity contribution is 7.71. The highest BCUT2D eigenvalue weighted by atomic mass is 32.1. The fourth-order valence-corrected chi connectivity index (χ4v) is 1.97. The largest absolute Gasteiger partial charge is 0.304 e. The highest BCUT2D eigenvalue weighted by Gasteiger charge is 2.13. The van der Waals surface area contributed by atoms with Crippen LogP contribution in [0.1, 0.15) is 52.3 Å². The second-order valence-electron chi connectivity index (χ2n) is 4.33. The van der Waals surface area contributed by atoms with Crippen LogP contribution >= 0.6 is 12.2 Å². The van der Waals surface area contributed by atoms with E-state index in [2.05, 4.69) is 42.5 Å². The van der Waals surface area contributed by atoms with Crippen molar-refractivity contribution in [3.63, 3.8) is 0 Å². The zero-order valence-electron chi connectivity index (χ0n) is 10.1. The maximum Gasteiger partial charge on any atom is 0.195 e. The van der Waals surface area contributed by atoms with Gasteiger partial charge in [-0.05, 0) is 18.1 Å². The third-order valence-corrected chi connectivity index (χ3v) is 3.21. The quantitative estimate of drug-likeness (QED) is 0.781. The Balaban J connectivity index is 2.92. The third kappa shape index (κ3) is 2.91. The number of aromatic amines is 1. The van der Waals surface area contributed by atoms with E-state index in [1.165, 1.54) is 12.8 Å². The monoisotopic (exact) mass is 227 g/mol. The standard InChI is InChI=1S/C11H21N3S/c1-5-9(6-2)7-14-10(8(3)4)12-13-11(14)15/h8-9H,5-7H2,1-4H3,(H,13,15). The molecule has 15 heavy (non-hydrogen) atoms. The fraction of sp³-hybridized carbons (Fsp3) is 0.818. The Hall–Kier alpha value is -0.640. The summed E-state index contributed by atoms with van der Waals surface area (Å²) in [6, 6.07) is 0. The number of hydrogen-bond donors (Lipinski definition) is 1. The van der Waals surface area contributed by atoms with Gasteiger partial charge in [-0.3, -0.25) is 5.10 Å². The van der Waals surface area contributed by atoms with Crippen molar-refractivity contribution >= 4 is 12.2 Å². The lowest BCUT2D eigenvalue weighted by atomic mass is 10.0. The number of rotatable bonds is 5. The van der Waals surface area contributed by atoms with Crippen LogP contribution in [0, 0.1) is 10.7 Å². The van der Waals surface area contributed by atoms with Crippen molar-refractivity contribution < 1.29 is 0 Å². The summed E-state index contributed by atoms with van der Waals surface area (Å²) in [5.41, 5.74) is 0. The Kier molecular flexibility index (Phi) is 4.51. The molecule has 0 aliphatic rings. The van der Waals surface area contributed by atoms with Gasteiger partial charge in [0.15, 0.2) is 4.77 Å². The van der Waals surface area contributed by atoms with E-state index in [4.69, 9.17) is 12.2 Å². The maximum atomic E-state index is 5.25. The average Bonchev–Trinajstić information content (AvgIpc) is 2.56. The molecule has 0 aromatic carbocycles. The fourth-order valence-electron chi connectivity index (χ4n) is 1.75. The Labute approximate surface area is 96.9 Å². The Morgan fingerprint density at radius 1 is 1.33 bits per heavy atom. The van der Waals surface area contributed by atoms with E-state index < -0.39 is 0 Å². The van der Waals surface area contributed by atoms with Crippen molar-refractivity contribution in [2.45, 2.75) is 53.0 Å². The second kappa shape index (κ2) is 5.45. The van der Waals surface area contributed by atoms with Crippen molar-refractivity contribution in [2.24, 2.45) is 5.92 Å². The normalized spacial score (nSPS) is 11.6. The summed E-state index contributed by atoms with van der Waals surface area (Å²) >= 11 is 5.25. The molecule has 0 unspecified atom stereocenters. The second-order valence-corrected chi connectivity index (χ2v) is 4.72. The summed E-state index contributed by atoms with van der Waals surface area (Å²) in [6.07, 6.45) is 2.39. The van der Waals surface area contributed by atoms with Gasteiger partial charge >= 0.3 is 0 Å². The van der Waals surface area contributed by atoms with E-state index in [0.717, 1.165) is 17.1 Å². The van der Waals surface area contributed by atoms with Crippen molar-refractivity contribution in [3.05, 3.63) is 10.6 Å². The molecule has 0 saturated heterocycles.